The van der Waals surface area contributed by atoms with E-state index in [2.05, 4.69) is 252 Å². The highest BCUT2D eigenvalue weighted by Crippen LogP contribution is 2.53. The summed E-state index contributed by atoms with van der Waals surface area (Å²) in [4.78, 5) is 4.78. The van der Waals surface area contributed by atoms with E-state index in [1.807, 2.05) is 0 Å². The van der Waals surface area contributed by atoms with E-state index in [4.69, 9.17) is 0 Å². The zero-order chi connectivity index (χ0) is 41.1. The van der Waals surface area contributed by atoms with Crippen molar-refractivity contribution in [3.05, 3.63) is 231 Å². The highest BCUT2D eigenvalue weighted by atomic mass is 15.3. The van der Waals surface area contributed by atoms with Gasteiger partial charge in [0, 0.05) is 29.2 Å². The molecule has 0 N–H and O–H groups in total. The second-order valence-electron chi connectivity index (χ2n) is 16.2. The van der Waals surface area contributed by atoms with Gasteiger partial charge in [-0.3, -0.25) is 0 Å². The van der Waals surface area contributed by atoms with Crippen LogP contribution in [0.2, 0.25) is 0 Å². The summed E-state index contributed by atoms with van der Waals surface area (Å²) in [5.74, 6) is 0. The first-order valence-corrected chi connectivity index (χ1v) is 21.3. The number of aromatic nitrogens is 1. The minimum absolute atomic E-state index is 1.12. The second-order valence-corrected chi connectivity index (χ2v) is 16.2. The van der Waals surface area contributed by atoms with Gasteiger partial charge in [-0.2, -0.15) is 0 Å². The molecule has 0 amide bonds. The average molecular weight is 792 g/mol. The van der Waals surface area contributed by atoms with Crippen LogP contribution in [0.4, 0.5) is 28.4 Å². The Labute approximate surface area is 361 Å². The fourth-order valence-corrected chi connectivity index (χ4v) is 9.62. The lowest BCUT2D eigenvalue weighted by molar-refractivity contribution is 1.13. The summed E-state index contributed by atoms with van der Waals surface area (Å²) in [6.45, 7) is 0. The Hall–Kier alpha value is -8.14. The van der Waals surface area contributed by atoms with Crippen LogP contribution >= 0.6 is 0 Å². The van der Waals surface area contributed by atoms with Crippen molar-refractivity contribution in [1.29, 1.82) is 0 Å². The van der Waals surface area contributed by atoms with Crippen molar-refractivity contribution in [2.75, 3.05) is 16.8 Å². The summed E-state index contributed by atoms with van der Waals surface area (Å²) in [5, 5.41) is 5.02. The Bertz CT molecular complexity index is 3450. The zero-order valence-electron chi connectivity index (χ0n) is 34.3. The van der Waals surface area contributed by atoms with Crippen LogP contribution in [0.5, 0.6) is 0 Å². The minimum atomic E-state index is 1.12. The molecule has 1 aromatic heterocycles. The van der Waals surface area contributed by atoms with Gasteiger partial charge < -0.3 is 14.4 Å². The molecule has 0 spiro atoms. The van der Waals surface area contributed by atoms with Gasteiger partial charge in [-0.05, 0) is 122 Å². The topological polar surface area (TPSA) is 11.4 Å². The third kappa shape index (κ3) is 5.89. The standard InChI is InChI=1S/C59H41N3/c1-60-58-38-46(40-13-4-2-5-14-40)30-35-56(58)62(57-36-31-47(39-59(57)60)51-21-12-16-44-15-8-9-19-50(44)51)49-32-27-42(28-33-49)41-23-25-43(26-24-41)45-29-34-55-53(37-45)52-20-10-11-22-54(52)61(55)48-17-6-3-7-18-48/h2-39H,1H3. The molecule has 3 heteroatoms. The molecule has 0 radical (unpaired) electrons. The van der Waals surface area contributed by atoms with Gasteiger partial charge in [-0.15, -0.1) is 0 Å². The van der Waals surface area contributed by atoms with Gasteiger partial charge in [0.25, 0.3) is 0 Å². The monoisotopic (exact) mass is 791 g/mol. The van der Waals surface area contributed by atoms with Crippen molar-refractivity contribution in [2.45, 2.75) is 0 Å². The normalized spacial score (nSPS) is 12.2. The van der Waals surface area contributed by atoms with Gasteiger partial charge in [0.15, 0.2) is 0 Å². The fourth-order valence-electron chi connectivity index (χ4n) is 9.62. The molecule has 0 aliphatic carbocycles. The molecule has 1 aliphatic heterocycles. The zero-order valence-corrected chi connectivity index (χ0v) is 34.3. The number of hydrogen-bond acceptors (Lipinski definition) is 2. The summed E-state index contributed by atoms with van der Waals surface area (Å²) in [6, 6.07) is 84.0. The summed E-state index contributed by atoms with van der Waals surface area (Å²) >= 11 is 0. The lowest BCUT2D eigenvalue weighted by Gasteiger charge is -2.39. The van der Waals surface area contributed by atoms with Crippen LogP contribution in [-0.2, 0) is 0 Å². The lowest BCUT2D eigenvalue weighted by Crippen LogP contribution is -2.24. The maximum absolute atomic E-state index is 2.42. The van der Waals surface area contributed by atoms with Crippen LogP contribution in [0.3, 0.4) is 0 Å². The molecule has 292 valence electrons. The van der Waals surface area contributed by atoms with Crippen molar-refractivity contribution in [3.8, 4) is 50.2 Å². The van der Waals surface area contributed by atoms with Crippen molar-refractivity contribution in [2.24, 2.45) is 0 Å². The van der Waals surface area contributed by atoms with Crippen LogP contribution in [0.1, 0.15) is 0 Å². The lowest BCUT2D eigenvalue weighted by atomic mass is 9.95. The number of rotatable bonds is 6. The first-order valence-electron chi connectivity index (χ1n) is 21.3. The van der Waals surface area contributed by atoms with E-state index in [9.17, 15) is 0 Å². The summed E-state index contributed by atoms with van der Waals surface area (Å²) in [6.07, 6.45) is 0. The summed E-state index contributed by atoms with van der Waals surface area (Å²) in [5.41, 5.74) is 19.0. The molecule has 0 fully saturated rings. The van der Waals surface area contributed by atoms with E-state index in [-0.39, 0.29) is 0 Å². The Morgan fingerprint density at radius 1 is 0.290 bits per heavy atom. The largest absolute Gasteiger partial charge is 0.341 e. The maximum atomic E-state index is 2.42. The number of hydrogen-bond donors (Lipinski definition) is 0. The van der Waals surface area contributed by atoms with Crippen molar-refractivity contribution >= 4 is 61.0 Å². The fraction of sp³-hybridized carbons (Fsp3) is 0.0169. The molecule has 10 aromatic carbocycles. The Morgan fingerprint density at radius 2 is 0.790 bits per heavy atom. The number of nitrogens with zero attached hydrogens (tertiary/aromatic N) is 3. The van der Waals surface area contributed by atoms with E-state index in [1.54, 1.807) is 0 Å². The molecule has 0 bridgehead atoms. The molecule has 0 saturated heterocycles. The quantitative estimate of drug-likeness (QED) is 0.166. The smallest absolute Gasteiger partial charge is 0.0700 e. The van der Waals surface area contributed by atoms with E-state index >= 15 is 0 Å². The third-order valence-corrected chi connectivity index (χ3v) is 12.7. The van der Waals surface area contributed by atoms with Crippen LogP contribution in [-0.4, -0.2) is 11.6 Å². The molecule has 3 nitrogen and oxygen atoms in total. The number of fused-ring (bicyclic) bond motifs is 6. The van der Waals surface area contributed by atoms with Gasteiger partial charge in [0.05, 0.1) is 33.8 Å². The molecule has 0 atom stereocenters. The minimum Gasteiger partial charge on any atom is -0.341 e. The van der Waals surface area contributed by atoms with Gasteiger partial charge in [0.2, 0.25) is 0 Å². The van der Waals surface area contributed by atoms with Gasteiger partial charge >= 0.3 is 0 Å². The average Bonchev–Trinajstić information content (AvgIpc) is 3.68. The first kappa shape index (κ1) is 35.8. The Balaban J connectivity index is 0.901. The van der Waals surface area contributed by atoms with Crippen LogP contribution < -0.4 is 9.80 Å². The SMILES string of the molecule is CN1c2cc(-c3ccccc3)ccc2N(c2ccc(-c3ccc(-c4ccc5c(c4)c4ccccc4n5-c4ccccc4)cc3)cc2)c2ccc(-c3cccc4ccccc34)cc21. The third-order valence-electron chi connectivity index (χ3n) is 12.7. The molecule has 2 heterocycles. The van der Waals surface area contributed by atoms with Gasteiger partial charge in [-0.1, -0.05) is 164 Å². The van der Waals surface area contributed by atoms with E-state index in [0.717, 1.165) is 28.4 Å². The van der Waals surface area contributed by atoms with Gasteiger partial charge in [0.1, 0.15) is 0 Å². The predicted octanol–water partition coefficient (Wildman–Crippen LogP) is 16.2. The highest BCUT2D eigenvalue weighted by Gasteiger charge is 2.29. The van der Waals surface area contributed by atoms with Crippen LogP contribution in [0.15, 0.2) is 231 Å². The van der Waals surface area contributed by atoms with Crippen molar-refractivity contribution < 1.29 is 0 Å². The van der Waals surface area contributed by atoms with Crippen molar-refractivity contribution in [3.63, 3.8) is 0 Å². The van der Waals surface area contributed by atoms with Gasteiger partial charge in [-0.25, -0.2) is 0 Å². The predicted molar refractivity (Wildman–Crippen MR) is 263 cm³/mol. The molecule has 0 unspecified atom stereocenters. The molecular formula is C59H41N3. The molecule has 0 saturated carbocycles. The second kappa shape index (κ2) is 14.5. The first-order chi connectivity index (χ1) is 30.7. The summed E-state index contributed by atoms with van der Waals surface area (Å²) < 4.78 is 2.37. The Kier molecular flexibility index (Phi) is 8.39. The van der Waals surface area contributed by atoms with Crippen LogP contribution in [0.25, 0.3) is 82.8 Å². The number of benzene rings is 10. The summed E-state index contributed by atoms with van der Waals surface area (Å²) in [7, 11) is 2.20. The van der Waals surface area contributed by atoms with Crippen molar-refractivity contribution in [1.82, 2.24) is 4.57 Å². The maximum Gasteiger partial charge on any atom is 0.0700 e. The molecule has 62 heavy (non-hydrogen) atoms. The Morgan fingerprint density at radius 3 is 1.53 bits per heavy atom. The van der Waals surface area contributed by atoms with E-state index in [1.165, 1.54) is 82.8 Å². The number of anilines is 5. The molecule has 1 aliphatic rings. The molecular weight excluding hydrogens is 751 g/mol. The van der Waals surface area contributed by atoms with E-state index < -0.39 is 0 Å². The van der Waals surface area contributed by atoms with E-state index in [0.29, 0.717) is 0 Å². The molecule has 12 rings (SSSR count). The highest BCUT2D eigenvalue weighted by molar-refractivity contribution is 6.10. The van der Waals surface area contributed by atoms with Crippen LogP contribution in [0, 0.1) is 0 Å². The number of para-hydroxylation sites is 2. The molecule has 11 aromatic rings.